The molecule has 0 saturated carbocycles. The van der Waals surface area contributed by atoms with Gasteiger partial charge in [0, 0.05) is 44.2 Å². The standard InChI is InChI=1S/C19H30F2N4O3/c1-5-10-27-15-7-6-14(16(11-15)28-18(20)21)12-24-19(22-4)23-9-8-17(26)25-13(2)3/h6-7,11,13,18H,5,8-10,12H2,1-4H3,(H,25,26)(H2,22,23,24). The number of carbonyl (C=O) groups is 1. The molecule has 0 fully saturated rings. The number of aliphatic imine (C=N–C) groups is 1. The van der Waals surface area contributed by atoms with Gasteiger partial charge in [0.15, 0.2) is 5.96 Å². The highest BCUT2D eigenvalue weighted by molar-refractivity contribution is 5.81. The summed E-state index contributed by atoms with van der Waals surface area (Å²) in [4.78, 5) is 15.7. The molecule has 0 radical (unpaired) electrons. The predicted molar refractivity (Wildman–Crippen MR) is 105 cm³/mol. The van der Waals surface area contributed by atoms with Crippen LogP contribution in [0.2, 0.25) is 0 Å². The Morgan fingerprint density at radius 1 is 1.25 bits per heavy atom. The van der Waals surface area contributed by atoms with Gasteiger partial charge in [-0.1, -0.05) is 6.92 Å². The zero-order chi connectivity index (χ0) is 20.9. The average molecular weight is 400 g/mol. The van der Waals surface area contributed by atoms with Crippen molar-refractivity contribution in [1.29, 1.82) is 0 Å². The Morgan fingerprint density at radius 2 is 2.00 bits per heavy atom. The van der Waals surface area contributed by atoms with Crippen molar-refractivity contribution in [3.05, 3.63) is 23.8 Å². The number of benzene rings is 1. The molecule has 0 spiro atoms. The maximum Gasteiger partial charge on any atom is 0.387 e. The summed E-state index contributed by atoms with van der Waals surface area (Å²) in [6, 6.07) is 4.91. The fourth-order valence-corrected chi connectivity index (χ4v) is 2.28. The van der Waals surface area contributed by atoms with E-state index in [1.165, 1.54) is 6.07 Å². The molecule has 1 aromatic rings. The topological polar surface area (TPSA) is 84.0 Å². The van der Waals surface area contributed by atoms with Crippen molar-refractivity contribution in [3.8, 4) is 11.5 Å². The third-order valence-electron chi connectivity index (χ3n) is 3.49. The number of guanidine groups is 1. The number of halogens is 2. The zero-order valence-corrected chi connectivity index (χ0v) is 16.9. The second kappa shape index (κ2) is 12.7. The molecule has 3 N–H and O–H groups in total. The summed E-state index contributed by atoms with van der Waals surface area (Å²) in [5.41, 5.74) is 0.532. The van der Waals surface area contributed by atoms with Crippen LogP contribution in [0.5, 0.6) is 11.5 Å². The quantitative estimate of drug-likeness (QED) is 0.393. The van der Waals surface area contributed by atoms with Crippen molar-refractivity contribution < 1.29 is 23.0 Å². The lowest BCUT2D eigenvalue weighted by molar-refractivity contribution is -0.121. The van der Waals surface area contributed by atoms with Crippen molar-refractivity contribution in [2.75, 3.05) is 20.2 Å². The monoisotopic (exact) mass is 400 g/mol. The molecule has 28 heavy (non-hydrogen) atoms. The van der Waals surface area contributed by atoms with Crippen LogP contribution in [0.1, 0.15) is 39.2 Å². The maximum absolute atomic E-state index is 12.7. The molecule has 0 aliphatic rings. The van der Waals surface area contributed by atoms with Gasteiger partial charge in [-0.2, -0.15) is 8.78 Å². The Kier molecular flexibility index (Phi) is 10.7. The van der Waals surface area contributed by atoms with Gasteiger partial charge >= 0.3 is 6.61 Å². The SMILES string of the molecule is CCCOc1ccc(CNC(=NC)NCCC(=O)NC(C)C)c(OC(F)F)c1. The summed E-state index contributed by atoms with van der Waals surface area (Å²) in [5, 5.41) is 8.82. The molecule has 158 valence electrons. The Bertz CT molecular complexity index is 640. The van der Waals surface area contributed by atoms with Gasteiger partial charge in [-0.05, 0) is 32.4 Å². The van der Waals surface area contributed by atoms with E-state index < -0.39 is 6.61 Å². The van der Waals surface area contributed by atoms with Crippen LogP contribution in [-0.4, -0.2) is 44.7 Å². The number of hydrogen-bond donors (Lipinski definition) is 3. The lowest BCUT2D eigenvalue weighted by atomic mass is 10.2. The van der Waals surface area contributed by atoms with Gasteiger partial charge < -0.3 is 25.4 Å². The number of hydrogen-bond acceptors (Lipinski definition) is 4. The summed E-state index contributed by atoms with van der Waals surface area (Å²) < 4.78 is 35.5. The molecular weight excluding hydrogens is 370 g/mol. The highest BCUT2D eigenvalue weighted by atomic mass is 19.3. The second-order valence-corrected chi connectivity index (χ2v) is 6.32. The minimum Gasteiger partial charge on any atom is -0.493 e. The first-order chi connectivity index (χ1) is 13.3. The fourth-order valence-electron chi connectivity index (χ4n) is 2.28. The first-order valence-electron chi connectivity index (χ1n) is 9.30. The summed E-state index contributed by atoms with van der Waals surface area (Å²) in [6.07, 6.45) is 1.10. The van der Waals surface area contributed by atoms with Crippen LogP contribution in [0.25, 0.3) is 0 Å². The summed E-state index contributed by atoms with van der Waals surface area (Å²) in [6.45, 7) is 3.91. The molecule has 0 unspecified atom stereocenters. The highest BCUT2D eigenvalue weighted by Crippen LogP contribution is 2.26. The Hall–Kier alpha value is -2.58. The minimum atomic E-state index is -2.93. The third-order valence-corrected chi connectivity index (χ3v) is 3.49. The Balaban J connectivity index is 2.63. The first-order valence-corrected chi connectivity index (χ1v) is 9.30. The Labute approximate surface area is 164 Å². The van der Waals surface area contributed by atoms with E-state index in [1.54, 1.807) is 19.2 Å². The van der Waals surface area contributed by atoms with E-state index in [0.717, 1.165) is 6.42 Å². The van der Waals surface area contributed by atoms with E-state index >= 15 is 0 Å². The van der Waals surface area contributed by atoms with Gasteiger partial charge in [0.05, 0.1) is 6.61 Å². The van der Waals surface area contributed by atoms with E-state index in [-0.39, 0.29) is 24.2 Å². The van der Waals surface area contributed by atoms with Crippen molar-refractivity contribution in [2.24, 2.45) is 4.99 Å². The van der Waals surface area contributed by atoms with Crippen molar-refractivity contribution >= 4 is 11.9 Å². The lowest BCUT2D eigenvalue weighted by Crippen LogP contribution is -2.39. The Morgan fingerprint density at radius 3 is 2.61 bits per heavy atom. The van der Waals surface area contributed by atoms with Gasteiger partial charge in [0.2, 0.25) is 5.91 Å². The van der Waals surface area contributed by atoms with E-state index in [1.807, 2.05) is 20.8 Å². The summed E-state index contributed by atoms with van der Waals surface area (Å²) in [7, 11) is 1.59. The number of alkyl halides is 2. The van der Waals surface area contributed by atoms with Gasteiger partial charge in [0.25, 0.3) is 0 Å². The third kappa shape index (κ3) is 9.38. The fraction of sp³-hybridized carbons (Fsp3) is 0.579. The van der Waals surface area contributed by atoms with Crippen LogP contribution in [0, 0.1) is 0 Å². The molecule has 1 rings (SSSR count). The van der Waals surface area contributed by atoms with E-state index in [2.05, 4.69) is 25.7 Å². The average Bonchev–Trinajstić information content (AvgIpc) is 2.62. The molecule has 0 saturated heterocycles. The molecule has 7 nitrogen and oxygen atoms in total. The van der Waals surface area contributed by atoms with Gasteiger partial charge in [0.1, 0.15) is 11.5 Å². The van der Waals surface area contributed by atoms with Crippen LogP contribution in [0.3, 0.4) is 0 Å². The highest BCUT2D eigenvalue weighted by Gasteiger charge is 2.12. The molecule has 1 aromatic carbocycles. The van der Waals surface area contributed by atoms with Crippen LogP contribution < -0.4 is 25.4 Å². The zero-order valence-electron chi connectivity index (χ0n) is 16.9. The van der Waals surface area contributed by atoms with Crippen molar-refractivity contribution in [1.82, 2.24) is 16.0 Å². The van der Waals surface area contributed by atoms with Crippen molar-refractivity contribution in [3.63, 3.8) is 0 Å². The molecule has 0 heterocycles. The van der Waals surface area contributed by atoms with Crippen LogP contribution in [0.4, 0.5) is 8.78 Å². The van der Waals surface area contributed by atoms with Crippen LogP contribution >= 0.6 is 0 Å². The largest absolute Gasteiger partial charge is 0.493 e. The van der Waals surface area contributed by atoms with Crippen molar-refractivity contribution in [2.45, 2.75) is 52.8 Å². The maximum atomic E-state index is 12.7. The number of ether oxygens (including phenoxy) is 2. The first kappa shape index (κ1) is 23.5. The summed E-state index contributed by atoms with van der Waals surface area (Å²) in [5.74, 6) is 0.905. The van der Waals surface area contributed by atoms with E-state index in [4.69, 9.17) is 4.74 Å². The normalized spacial score (nSPS) is 11.5. The lowest BCUT2D eigenvalue weighted by Gasteiger charge is -2.16. The smallest absolute Gasteiger partial charge is 0.387 e. The molecule has 0 atom stereocenters. The van der Waals surface area contributed by atoms with E-state index in [9.17, 15) is 13.6 Å². The molecule has 0 bridgehead atoms. The van der Waals surface area contributed by atoms with Gasteiger partial charge in [-0.15, -0.1) is 0 Å². The number of carbonyl (C=O) groups excluding carboxylic acids is 1. The van der Waals surface area contributed by atoms with Gasteiger partial charge in [-0.3, -0.25) is 9.79 Å². The molecule has 0 aromatic heterocycles. The number of rotatable bonds is 11. The predicted octanol–water partition coefficient (Wildman–Crippen LogP) is 2.66. The van der Waals surface area contributed by atoms with E-state index in [0.29, 0.717) is 36.8 Å². The van der Waals surface area contributed by atoms with Crippen LogP contribution in [-0.2, 0) is 11.3 Å². The molecule has 1 amide bonds. The van der Waals surface area contributed by atoms with Crippen LogP contribution in [0.15, 0.2) is 23.2 Å². The number of nitrogens with zero attached hydrogens (tertiary/aromatic N) is 1. The minimum absolute atomic E-state index is 0.0443. The molecular formula is C19H30F2N4O3. The summed E-state index contributed by atoms with van der Waals surface area (Å²) >= 11 is 0. The molecule has 0 aliphatic carbocycles. The number of amides is 1. The molecule has 9 heteroatoms. The second-order valence-electron chi connectivity index (χ2n) is 6.32. The molecule has 0 aliphatic heterocycles. The number of nitrogens with one attached hydrogen (secondary N) is 3. The van der Waals surface area contributed by atoms with Gasteiger partial charge in [-0.25, -0.2) is 0 Å².